The van der Waals surface area contributed by atoms with E-state index in [9.17, 15) is 24.3 Å². The van der Waals surface area contributed by atoms with Gasteiger partial charge in [-0.25, -0.2) is 10.0 Å². The molecule has 0 bridgehead atoms. The fourth-order valence-corrected chi connectivity index (χ4v) is 5.49. The van der Waals surface area contributed by atoms with Crippen LogP contribution >= 0.6 is 0 Å². The normalized spacial score (nSPS) is 12.8. The van der Waals surface area contributed by atoms with Gasteiger partial charge in [-0.15, -0.1) is 0 Å². The van der Waals surface area contributed by atoms with Crippen molar-refractivity contribution < 1.29 is 29.1 Å². The van der Waals surface area contributed by atoms with Gasteiger partial charge in [0.1, 0.15) is 23.9 Å². The van der Waals surface area contributed by atoms with Gasteiger partial charge in [0.2, 0.25) is 17.7 Å². The maximum Gasteiger partial charge on any atom is 0.268 e. The number of H-pyrrole nitrogens is 1. The van der Waals surface area contributed by atoms with E-state index in [1.807, 2.05) is 30.3 Å². The number of carbonyl (C=O) groups is 4. The van der Waals surface area contributed by atoms with E-state index in [4.69, 9.17) is 4.84 Å². The summed E-state index contributed by atoms with van der Waals surface area (Å²) in [6.45, 7) is 2.19. The highest BCUT2D eigenvalue weighted by atomic mass is 16.7. The predicted molar refractivity (Wildman–Crippen MR) is 187 cm³/mol. The standard InChI is InChI=1S/C37H52N6O6/c1-4-5-6-7-8-9-10-14-17-34(45)40-32(24-29-25-38-26-39-29)36(47)41-31(22-27-15-12-11-13-16-27)35(46)42-33(37(48)43(2)49-3)23-28-18-20-30(44)21-19-28/h11-13,15-16,18-21,25-26,31-33,44H,4-10,14,17,22-24H2,1-3H3,(H,38,39)(H,40,45)(H,41,47)(H,42,46)/t31-,32-,33-/m0/s1. The molecular weight excluding hydrogens is 624 g/mol. The van der Waals surface area contributed by atoms with Crippen LogP contribution in [0.25, 0.3) is 0 Å². The van der Waals surface area contributed by atoms with Gasteiger partial charge in [-0.1, -0.05) is 94.3 Å². The summed E-state index contributed by atoms with van der Waals surface area (Å²) in [6.07, 6.45) is 12.6. The average molecular weight is 677 g/mol. The topological polar surface area (TPSA) is 166 Å². The fourth-order valence-electron chi connectivity index (χ4n) is 5.49. The molecule has 12 nitrogen and oxygen atoms in total. The molecule has 0 aliphatic rings. The number of hydroxylamine groups is 2. The number of rotatable bonds is 22. The lowest BCUT2D eigenvalue weighted by Crippen LogP contribution is -2.58. The fraction of sp³-hybridized carbons (Fsp3) is 0.486. The first-order chi connectivity index (χ1) is 23.7. The molecule has 2 aromatic carbocycles. The summed E-state index contributed by atoms with van der Waals surface area (Å²) in [4.78, 5) is 66.2. The minimum atomic E-state index is -1.08. The van der Waals surface area contributed by atoms with E-state index in [1.165, 1.54) is 58.3 Å². The Morgan fingerprint density at radius 2 is 1.35 bits per heavy atom. The number of aromatic nitrogens is 2. The second kappa shape index (κ2) is 21.3. The zero-order chi connectivity index (χ0) is 35.4. The Bertz CT molecular complexity index is 1420. The van der Waals surface area contributed by atoms with Gasteiger partial charge in [-0.3, -0.25) is 24.0 Å². The Kier molecular flexibility index (Phi) is 16.8. The largest absolute Gasteiger partial charge is 0.508 e. The molecule has 266 valence electrons. The molecule has 0 radical (unpaired) electrons. The first-order valence-electron chi connectivity index (χ1n) is 17.2. The van der Waals surface area contributed by atoms with Crippen molar-refractivity contribution in [2.45, 2.75) is 102 Å². The number of carbonyl (C=O) groups excluding carboxylic acids is 4. The van der Waals surface area contributed by atoms with E-state index in [0.29, 0.717) is 17.7 Å². The maximum atomic E-state index is 13.9. The van der Waals surface area contributed by atoms with E-state index in [0.717, 1.165) is 36.3 Å². The van der Waals surface area contributed by atoms with Crippen molar-refractivity contribution in [1.82, 2.24) is 31.0 Å². The molecule has 4 amide bonds. The van der Waals surface area contributed by atoms with Crippen LogP contribution in [-0.4, -0.2) is 76.0 Å². The minimum Gasteiger partial charge on any atom is -0.508 e. The van der Waals surface area contributed by atoms with E-state index < -0.39 is 35.8 Å². The van der Waals surface area contributed by atoms with Crippen LogP contribution in [0.4, 0.5) is 0 Å². The molecule has 3 atom stereocenters. The van der Waals surface area contributed by atoms with Crippen molar-refractivity contribution in [3.8, 4) is 5.75 Å². The zero-order valence-electron chi connectivity index (χ0n) is 29.0. The summed E-state index contributed by atoms with van der Waals surface area (Å²) in [5, 5.41) is 19.3. The smallest absolute Gasteiger partial charge is 0.268 e. The van der Waals surface area contributed by atoms with Gasteiger partial charge in [-0.2, -0.15) is 0 Å². The Morgan fingerprint density at radius 3 is 1.96 bits per heavy atom. The van der Waals surface area contributed by atoms with Crippen LogP contribution in [0.5, 0.6) is 5.75 Å². The van der Waals surface area contributed by atoms with Crippen LogP contribution in [0, 0.1) is 0 Å². The van der Waals surface area contributed by atoms with Gasteiger partial charge in [-0.05, 0) is 29.7 Å². The average Bonchev–Trinajstić information content (AvgIpc) is 3.62. The van der Waals surface area contributed by atoms with Crippen LogP contribution in [0.3, 0.4) is 0 Å². The Labute approximate surface area is 289 Å². The lowest BCUT2D eigenvalue weighted by molar-refractivity contribution is -0.171. The van der Waals surface area contributed by atoms with E-state index in [-0.39, 0.29) is 30.9 Å². The summed E-state index contributed by atoms with van der Waals surface area (Å²) >= 11 is 0. The summed E-state index contributed by atoms with van der Waals surface area (Å²) in [5.74, 6) is -1.78. The number of imidazole rings is 1. The van der Waals surface area contributed by atoms with Crippen LogP contribution in [0.2, 0.25) is 0 Å². The number of hydrogen-bond donors (Lipinski definition) is 5. The van der Waals surface area contributed by atoms with Crippen LogP contribution in [0.15, 0.2) is 67.1 Å². The molecular formula is C37H52N6O6. The van der Waals surface area contributed by atoms with Crippen molar-refractivity contribution in [3.05, 3.63) is 83.9 Å². The molecule has 0 fully saturated rings. The number of phenols is 1. The third-order valence-corrected chi connectivity index (χ3v) is 8.38. The molecule has 3 rings (SSSR count). The molecule has 0 aliphatic heterocycles. The van der Waals surface area contributed by atoms with Gasteiger partial charge in [0.15, 0.2) is 0 Å². The molecule has 0 unspecified atom stereocenters. The number of amides is 4. The van der Waals surface area contributed by atoms with Crippen LogP contribution in [-0.2, 0) is 43.3 Å². The monoisotopic (exact) mass is 676 g/mol. The third kappa shape index (κ3) is 14.1. The number of likely N-dealkylation sites (N-methyl/N-ethyl adjacent to an activating group) is 1. The molecule has 0 aliphatic carbocycles. The van der Waals surface area contributed by atoms with Crippen molar-refractivity contribution in [3.63, 3.8) is 0 Å². The third-order valence-electron chi connectivity index (χ3n) is 8.38. The van der Waals surface area contributed by atoms with Gasteiger partial charge >= 0.3 is 0 Å². The zero-order valence-corrected chi connectivity index (χ0v) is 29.0. The molecule has 0 saturated carbocycles. The quantitative estimate of drug-likeness (QED) is 0.0788. The van der Waals surface area contributed by atoms with E-state index >= 15 is 0 Å². The highest BCUT2D eigenvalue weighted by molar-refractivity contribution is 5.94. The Hall–Kier alpha value is -4.71. The first kappa shape index (κ1) is 38.7. The van der Waals surface area contributed by atoms with Gasteiger partial charge < -0.3 is 26.0 Å². The number of aromatic amines is 1. The number of benzene rings is 2. The molecule has 3 aromatic rings. The molecule has 12 heteroatoms. The van der Waals surface area contributed by atoms with Gasteiger partial charge in [0.05, 0.1) is 13.4 Å². The lowest BCUT2D eigenvalue weighted by atomic mass is 10.0. The van der Waals surface area contributed by atoms with Crippen molar-refractivity contribution in [1.29, 1.82) is 0 Å². The van der Waals surface area contributed by atoms with Gasteiger partial charge in [0.25, 0.3) is 5.91 Å². The second-order valence-electron chi connectivity index (χ2n) is 12.3. The van der Waals surface area contributed by atoms with Crippen molar-refractivity contribution >= 4 is 23.6 Å². The summed E-state index contributed by atoms with van der Waals surface area (Å²) < 4.78 is 0. The summed E-state index contributed by atoms with van der Waals surface area (Å²) in [5.41, 5.74) is 2.14. The SMILES string of the molecule is CCCCCCCCCCC(=O)N[C@@H](Cc1cnc[nH]1)C(=O)N[C@@H](Cc1ccccc1)C(=O)N[C@@H](Cc1ccc(O)cc1)C(=O)N(C)OC. The highest BCUT2D eigenvalue weighted by Crippen LogP contribution is 2.14. The number of nitrogens with zero attached hydrogens (tertiary/aromatic N) is 2. The molecule has 5 N–H and O–H groups in total. The second-order valence-corrected chi connectivity index (χ2v) is 12.3. The van der Waals surface area contributed by atoms with E-state index in [2.05, 4.69) is 32.8 Å². The van der Waals surface area contributed by atoms with Crippen LogP contribution < -0.4 is 16.0 Å². The number of phenolic OH excluding ortho intramolecular Hbond substituents is 1. The first-order valence-corrected chi connectivity index (χ1v) is 17.2. The number of nitrogens with one attached hydrogen (secondary N) is 4. The summed E-state index contributed by atoms with van der Waals surface area (Å²) in [6, 6.07) is 12.5. The molecule has 0 saturated heterocycles. The van der Waals surface area contributed by atoms with Crippen molar-refractivity contribution in [2.75, 3.05) is 14.2 Å². The molecule has 1 heterocycles. The lowest BCUT2D eigenvalue weighted by Gasteiger charge is -2.27. The summed E-state index contributed by atoms with van der Waals surface area (Å²) in [7, 11) is 2.79. The molecule has 49 heavy (non-hydrogen) atoms. The van der Waals surface area contributed by atoms with Crippen LogP contribution in [0.1, 0.15) is 81.5 Å². The number of unbranched alkanes of at least 4 members (excludes halogenated alkanes) is 7. The molecule has 1 aromatic heterocycles. The maximum absolute atomic E-state index is 13.9. The predicted octanol–water partition coefficient (Wildman–Crippen LogP) is 4.15. The molecule has 0 spiro atoms. The Balaban J connectivity index is 1.74. The van der Waals surface area contributed by atoms with E-state index in [1.54, 1.807) is 18.3 Å². The van der Waals surface area contributed by atoms with Gasteiger partial charge in [0, 0.05) is 44.6 Å². The highest BCUT2D eigenvalue weighted by Gasteiger charge is 2.31. The van der Waals surface area contributed by atoms with Crippen molar-refractivity contribution in [2.24, 2.45) is 0 Å². The minimum absolute atomic E-state index is 0.0740. The Morgan fingerprint density at radius 1 is 0.776 bits per heavy atom. The number of aromatic hydroxyl groups is 1. The number of hydrogen-bond acceptors (Lipinski definition) is 7.